The molecule has 3 rings (SSSR count). The number of hydrogen-bond acceptors (Lipinski definition) is 7. The van der Waals surface area contributed by atoms with Gasteiger partial charge in [-0.2, -0.15) is 0 Å². The van der Waals surface area contributed by atoms with Crippen molar-refractivity contribution in [3.05, 3.63) is 47.0 Å². The molecule has 1 heterocycles. The summed E-state index contributed by atoms with van der Waals surface area (Å²) >= 11 is 6.30. The SMILES string of the molecule is CCOC(=O)C1CCN(C(=O)CN(c2ccc(OC)c(Cl)c2)S(=O)(=O)c2cc(C)ccc2OC)CC1. The van der Waals surface area contributed by atoms with Crippen LogP contribution in [0.3, 0.4) is 0 Å². The molecule has 2 aromatic carbocycles. The zero-order chi connectivity index (χ0) is 26.5. The normalized spacial score (nSPS) is 14.3. The van der Waals surface area contributed by atoms with Gasteiger partial charge in [-0.05, 0) is 62.6 Å². The molecule has 0 saturated carbocycles. The van der Waals surface area contributed by atoms with E-state index in [9.17, 15) is 18.0 Å². The lowest BCUT2D eigenvalue weighted by atomic mass is 9.97. The number of benzene rings is 2. The Hall–Kier alpha value is -2.98. The second kappa shape index (κ2) is 11.8. The molecular formula is C25H31ClN2O7S. The number of anilines is 1. The molecule has 0 bridgehead atoms. The molecule has 0 atom stereocenters. The molecule has 1 aliphatic rings. The fourth-order valence-electron chi connectivity index (χ4n) is 4.08. The average Bonchev–Trinajstić information content (AvgIpc) is 2.87. The van der Waals surface area contributed by atoms with Crippen molar-refractivity contribution in [2.45, 2.75) is 31.6 Å². The van der Waals surface area contributed by atoms with Gasteiger partial charge in [0.2, 0.25) is 5.91 Å². The van der Waals surface area contributed by atoms with Gasteiger partial charge in [-0.3, -0.25) is 13.9 Å². The number of methoxy groups -OCH3 is 2. The second-order valence-corrected chi connectivity index (χ2v) is 10.6. The lowest BCUT2D eigenvalue weighted by molar-refractivity contribution is -0.151. The van der Waals surface area contributed by atoms with Crippen molar-refractivity contribution in [1.82, 2.24) is 4.90 Å². The van der Waals surface area contributed by atoms with Crippen LogP contribution in [0.25, 0.3) is 0 Å². The maximum atomic E-state index is 13.9. The monoisotopic (exact) mass is 538 g/mol. The number of ether oxygens (including phenoxy) is 3. The Morgan fingerprint density at radius 1 is 1.06 bits per heavy atom. The predicted molar refractivity (Wildman–Crippen MR) is 136 cm³/mol. The number of esters is 1. The second-order valence-electron chi connectivity index (χ2n) is 8.39. The Bertz CT molecular complexity index is 1210. The van der Waals surface area contributed by atoms with Crippen LogP contribution in [0.5, 0.6) is 11.5 Å². The fourth-order valence-corrected chi connectivity index (χ4v) is 5.98. The van der Waals surface area contributed by atoms with Crippen LogP contribution in [0.15, 0.2) is 41.3 Å². The average molecular weight is 539 g/mol. The topological polar surface area (TPSA) is 102 Å². The first-order valence-electron chi connectivity index (χ1n) is 11.6. The van der Waals surface area contributed by atoms with Gasteiger partial charge in [-0.15, -0.1) is 0 Å². The van der Waals surface area contributed by atoms with Crippen LogP contribution in [0.1, 0.15) is 25.3 Å². The highest BCUT2D eigenvalue weighted by Crippen LogP contribution is 2.35. The summed E-state index contributed by atoms with van der Waals surface area (Å²) in [6.45, 7) is 4.02. The smallest absolute Gasteiger partial charge is 0.309 e. The molecule has 0 N–H and O–H groups in total. The zero-order valence-corrected chi connectivity index (χ0v) is 22.4. The summed E-state index contributed by atoms with van der Waals surface area (Å²) in [5.41, 5.74) is 0.925. The van der Waals surface area contributed by atoms with Crippen LogP contribution in [0.4, 0.5) is 5.69 Å². The third-order valence-electron chi connectivity index (χ3n) is 6.06. The number of piperidine rings is 1. The van der Waals surface area contributed by atoms with Gasteiger partial charge in [0.15, 0.2) is 0 Å². The molecule has 9 nitrogen and oxygen atoms in total. The summed E-state index contributed by atoms with van der Waals surface area (Å²) in [5, 5.41) is 0.203. The molecule has 0 radical (unpaired) electrons. The molecule has 0 spiro atoms. The van der Waals surface area contributed by atoms with Crippen molar-refractivity contribution < 1.29 is 32.2 Å². The van der Waals surface area contributed by atoms with Crippen LogP contribution in [0, 0.1) is 12.8 Å². The Morgan fingerprint density at radius 2 is 1.69 bits per heavy atom. The van der Waals surface area contributed by atoms with E-state index in [4.69, 9.17) is 25.8 Å². The number of nitrogens with zero attached hydrogens (tertiary/aromatic N) is 2. The molecule has 11 heteroatoms. The fraction of sp³-hybridized carbons (Fsp3) is 0.440. The van der Waals surface area contributed by atoms with Crippen LogP contribution in [-0.4, -0.2) is 65.7 Å². The lowest BCUT2D eigenvalue weighted by Crippen LogP contribution is -2.46. The van der Waals surface area contributed by atoms with Gasteiger partial charge in [0.25, 0.3) is 10.0 Å². The number of carbonyl (C=O) groups is 2. The lowest BCUT2D eigenvalue weighted by Gasteiger charge is -2.33. The van der Waals surface area contributed by atoms with E-state index >= 15 is 0 Å². The standard InChI is InChI=1S/C25H31ClN2O7S/c1-5-35-25(30)18-10-12-27(13-11-18)24(29)16-28(19-7-9-21(33-3)20(26)15-19)36(31,32)23-14-17(2)6-8-22(23)34-4/h6-9,14-15,18H,5,10-13,16H2,1-4H3. The minimum atomic E-state index is -4.23. The van der Waals surface area contributed by atoms with E-state index in [2.05, 4.69) is 0 Å². The van der Waals surface area contributed by atoms with Crippen molar-refractivity contribution in [3.63, 3.8) is 0 Å². The summed E-state index contributed by atoms with van der Waals surface area (Å²) in [4.78, 5) is 26.9. The van der Waals surface area contributed by atoms with E-state index in [-0.39, 0.29) is 39.1 Å². The van der Waals surface area contributed by atoms with Gasteiger partial charge in [0.1, 0.15) is 22.9 Å². The summed E-state index contributed by atoms with van der Waals surface area (Å²) < 4.78 is 44.4. The molecule has 0 aliphatic carbocycles. The van der Waals surface area contributed by atoms with E-state index in [1.54, 1.807) is 36.9 Å². The largest absolute Gasteiger partial charge is 0.495 e. The molecule has 1 amide bonds. The summed E-state index contributed by atoms with van der Waals surface area (Å²) in [6, 6.07) is 9.34. The number of hydrogen-bond donors (Lipinski definition) is 0. The number of sulfonamides is 1. The molecule has 0 aromatic heterocycles. The van der Waals surface area contributed by atoms with Crippen LogP contribution in [-0.2, 0) is 24.3 Å². The Kier molecular flexibility index (Phi) is 9.08. The highest BCUT2D eigenvalue weighted by atomic mass is 35.5. The number of halogens is 1. The third kappa shape index (κ3) is 6.04. The molecular weight excluding hydrogens is 508 g/mol. The summed E-state index contributed by atoms with van der Waals surface area (Å²) in [7, 11) is -1.39. The maximum Gasteiger partial charge on any atom is 0.309 e. The predicted octanol–water partition coefficient (Wildman–Crippen LogP) is 3.66. The first-order chi connectivity index (χ1) is 17.1. The van der Waals surface area contributed by atoms with Gasteiger partial charge >= 0.3 is 5.97 Å². The Labute approximate surface area is 216 Å². The molecule has 196 valence electrons. The summed E-state index contributed by atoms with van der Waals surface area (Å²) in [6.07, 6.45) is 0.911. The van der Waals surface area contributed by atoms with Crippen molar-refractivity contribution in [3.8, 4) is 11.5 Å². The third-order valence-corrected chi connectivity index (χ3v) is 8.15. The van der Waals surface area contributed by atoms with Gasteiger partial charge < -0.3 is 19.1 Å². The van der Waals surface area contributed by atoms with E-state index in [1.165, 1.54) is 32.4 Å². The van der Waals surface area contributed by atoms with E-state index in [1.807, 2.05) is 0 Å². The molecule has 36 heavy (non-hydrogen) atoms. The Morgan fingerprint density at radius 3 is 2.28 bits per heavy atom. The van der Waals surface area contributed by atoms with Crippen molar-refractivity contribution >= 4 is 39.2 Å². The molecule has 2 aromatic rings. The molecule has 1 fully saturated rings. The molecule has 0 unspecified atom stereocenters. The van der Waals surface area contributed by atoms with Crippen LogP contribution >= 0.6 is 11.6 Å². The van der Waals surface area contributed by atoms with Gasteiger partial charge in [-0.25, -0.2) is 8.42 Å². The number of aryl methyl sites for hydroxylation is 1. The van der Waals surface area contributed by atoms with E-state index in [0.29, 0.717) is 38.3 Å². The van der Waals surface area contributed by atoms with Crippen LogP contribution in [0.2, 0.25) is 5.02 Å². The molecule has 1 aliphatic heterocycles. The van der Waals surface area contributed by atoms with Crippen molar-refractivity contribution in [1.29, 1.82) is 0 Å². The first-order valence-corrected chi connectivity index (χ1v) is 13.4. The van der Waals surface area contributed by atoms with Gasteiger partial charge in [0, 0.05) is 13.1 Å². The van der Waals surface area contributed by atoms with Gasteiger partial charge in [-0.1, -0.05) is 17.7 Å². The number of amides is 1. The van der Waals surface area contributed by atoms with E-state index in [0.717, 1.165) is 9.87 Å². The highest BCUT2D eigenvalue weighted by molar-refractivity contribution is 7.93. The number of carbonyl (C=O) groups excluding carboxylic acids is 2. The highest BCUT2D eigenvalue weighted by Gasteiger charge is 2.34. The quantitative estimate of drug-likeness (QED) is 0.449. The van der Waals surface area contributed by atoms with Crippen molar-refractivity contribution in [2.75, 3.05) is 44.8 Å². The summed E-state index contributed by atoms with van der Waals surface area (Å²) in [5.74, 6) is -0.398. The minimum absolute atomic E-state index is 0.0641. The Balaban J connectivity index is 1.94. The maximum absolute atomic E-state index is 13.9. The minimum Gasteiger partial charge on any atom is -0.495 e. The van der Waals surface area contributed by atoms with E-state index < -0.39 is 16.6 Å². The van der Waals surface area contributed by atoms with Crippen LogP contribution < -0.4 is 13.8 Å². The van der Waals surface area contributed by atoms with Crippen molar-refractivity contribution in [2.24, 2.45) is 5.92 Å². The number of likely N-dealkylation sites (tertiary alicyclic amines) is 1. The first kappa shape index (κ1) is 27.6. The van der Waals surface area contributed by atoms with Gasteiger partial charge in [0.05, 0.1) is 37.5 Å². The number of rotatable bonds is 9. The molecule has 1 saturated heterocycles. The zero-order valence-electron chi connectivity index (χ0n) is 20.8.